The molecule has 0 spiro atoms. The fraction of sp³-hybridized carbons (Fsp3) is 0.700. The first-order chi connectivity index (χ1) is 9.86. The molecule has 1 saturated carbocycles. The van der Waals surface area contributed by atoms with Crippen LogP contribution < -0.4 is 5.32 Å². The fourth-order valence-corrected chi connectivity index (χ4v) is 3.51. The van der Waals surface area contributed by atoms with Gasteiger partial charge in [0, 0.05) is 11.7 Å². The van der Waals surface area contributed by atoms with E-state index in [-0.39, 0.29) is 0 Å². The van der Waals surface area contributed by atoms with Gasteiger partial charge in [-0.05, 0) is 60.6 Å². The quantitative estimate of drug-likeness (QED) is 0.651. The first kappa shape index (κ1) is 16.4. The summed E-state index contributed by atoms with van der Waals surface area (Å²) in [6.07, 6.45) is 6.76. The van der Waals surface area contributed by atoms with Crippen LogP contribution in [0.5, 0.6) is 0 Å². The maximum Gasteiger partial charge on any atom is 0.0342 e. The maximum absolute atomic E-state index is 3.76. The Balaban J connectivity index is 1.91. The van der Waals surface area contributed by atoms with E-state index in [1.807, 2.05) is 0 Å². The molecule has 0 aliphatic heterocycles. The topological polar surface area (TPSA) is 12.0 Å². The highest BCUT2D eigenvalue weighted by atomic mass is 14.9. The molecule has 1 aromatic carbocycles. The molecule has 1 aliphatic rings. The molecule has 0 heterocycles. The largest absolute Gasteiger partial charge is 0.382 e. The molecule has 2 unspecified atom stereocenters. The lowest BCUT2D eigenvalue weighted by molar-refractivity contribution is 0.214. The first-order valence-electron chi connectivity index (χ1n) is 8.73. The predicted octanol–water partition coefficient (Wildman–Crippen LogP) is 6.22. The molecule has 0 aromatic heterocycles. The summed E-state index contributed by atoms with van der Waals surface area (Å²) in [7, 11) is 0. The van der Waals surface area contributed by atoms with Crippen LogP contribution in [0.4, 0.5) is 5.69 Å². The number of hydrogen-bond acceptors (Lipinski definition) is 1. The molecule has 0 saturated heterocycles. The van der Waals surface area contributed by atoms with E-state index < -0.39 is 0 Å². The summed E-state index contributed by atoms with van der Waals surface area (Å²) in [5.74, 6) is 1.50. The molecule has 1 aliphatic carbocycles. The summed E-state index contributed by atoms with van der Waals surface area (Å²) in [6, 6.07) is 9.69. The van der Waals surface area contributed by atoms with Crippen molar-refractivity contribution >= 4 is 5.69 Å². The number of anilines is 1. The number of nitrogens with one attached hydrogen (secondary N) is 1. The normalized spacial score (nSPS) is 23.9. The molecule has 0 bridgehead atoms. The molecule has 1 nitrogen and oxygen atoms in total. The lowest BCUT2D eigenvalue weighted by atomic mass is 9.76. The van der Waals surface area contributed by atoms with Crippen LogP contribution >= 0.6 is 0 Å². The minimum atomic E-state index is 0.466. The monoisotopic (exact) mass is 287 g/mol. The molecule has 21 heavy (non-hydrogen) atoms. The van der Waals surface area contributed by atoms with E-state index in [0.29, 0.717) is 17.4 Å². The van der Waals surface area contributed by atoms with Gasteiger partial charge >= 0.3 is 0 Å². The smallest absolute Gasteiger partial charge is 0.0342 e. The van der Waals surface area contributed by atoms with Crippen LogP contribution in [0.25, 0.3) is 0 Å². The van der Waals surface area contributed by atoms with Crippen LogP contribution in [-0.2, 0) is 0 Å². The zero-order valence-electron chi connectivity index (χ0n) is 14.6. The highest BCUT2D eigenvalue weighted by Gasteiger charge is 2.27. The van der Waals surface area contributed by atoms with Gasteiger partial charge in [-0.2, -0.15) is 0 Å². The van der Waals surface area contributed by atoms with Gasteiger partial charge in [-0.15, -0.1) is 0 Å². The summed E-state index contributed by atoms with van der Waals surface area (Å²) < 4.78 is 0. The van der Waals surface area contributed by atoms with E-state index in [9.17, 15) is 0 Å². The Labute approximate surface area is 131 Å². The molecule has 0 radical (unpaired) electrons. The second-order valence-electron chi connectivity index (χ2n) is 8.19. The van der Waals surface area contributed by atoms with Crippen LogP contribution in [0.15, 0.2) is 24.3 Å². The summed E-state index contributed by atoms with van der Waals surface area (Å²) >= 11 is 0. The van der Waals surface area contributed by atoms with Crippen molar-refractivity contribution in [3.8, 4) is 0 Å². The third kappa shape index (κ3) is 4.76. The van der Waals surface area contributed by atoms with Gasteiger partial charge in [0.05, 0.1) is 0 Å². The summed E-state index contributed by atoms with van der Waals surface area (Å²) in [5.41, 5.74) is 3.18. The Morgan fingerprint density at radius 3 is 2.19 bits per heavy atom. The van der Waals surface area contributed by atoms with Crippen LogP contribution in [0.2, 0.25) is 0 Å². The average molecular weight is 287 g/mol. The molecular formula is C20H33N. The summed E-state index contributed by atoms with van der Waals surface area (Å²) in [6.45, 7) is 11.7. The predicted molar refractivity (Wildman–Crippen MR) is 94.0 cm³/mol. The Kier molecular flexibility index (Phi) is 5.35. The van der Waals surface area contributed by atoms with E-state index in [1.165, 1.54) is 43.4 Å². The summed E-state index contributed by atoms with van der Waals surface area (Å²) in [5, 5.41) is 3.76. The van der Waals surface area contributed by atoms with Crippen molar-refractivity contribution in [1.29, 1.82) is 0 Å². The third-order valence-corrected chi connectivity index (χ3v) is 5.14. The zero-order chi connectivity index (χ0) is 15.5. The maximum atomic E-state index is 3.76. The lowest BCUT2D eigenvalue weighted by Crippen LogP contribution is -2.21. The lowest BCUT2D eigenvalue weighted by Gasteiger charge is -2.29. The molecule has 1 fully saturated rings. The minimum Gasteiger partial charge on any atom is -0.382 e. The van der Waals surface area contributed by atoms with Crippen molar-refractivity contribution < 1.29 is 0 Å². The Morgan fingerprint density at radius 1 is 0.952 bits per heavy atom. The van der Waals surface area contributed by atoms with E-state index in [2.05, 4.69) is 64.2 Å². The van der Waals surface area contributed by atoms with Crippen LogP contribution in [0, 0.1) is 11.3 Å². The van der Waals surface area contributed by atoms with Crippen LogP contribution in [0.3, 0.4) is 0 Å². The van der Waals surface area contributed by atoms with E-state index >= 15 is 0 Å². The van der Waals surface area contributed by atoms with Gasteiger partial charge in [-0.1, -0.05) is 53.2 Å². The van der Waals surface area contributed by atoms with Crippen molar-refractivity contribution in [3.63, 3.8) is 0 Å². The van der Waals surface area contributed by atoms with Crippen LogP contribution in [-0.4, -0.2) is 6.04 Å². The second kappa shape index (κ2) is 6.85. The van der Waals surface area contributed by atoms with Gasteiger partial charge in [0.15, 0.2) is 0 Å². The molecule has 1 heteroatoms. The highest BCUT2D eigenvalue weighted by Crippen LogP contribution is 2.37. The molecule has 2 rings (SSSR count). The zero-order valence-corrected chi connectivity index (χ0v) is 14.6. The van der Waals surface area contributed by atoms with Gasteiger partial charge in [-0.3, -0.25) is 0 Å². The third-order valence-electron chi connectivity index (χ3n) is 5.14. The van der Waals surface area contributed by atoms with E-state index in [1.54, 1.807) is 0 Å². The average Bonchev–Trinajstić information content (AvgIpc) is 2.64. The van der Waals surface area contributed by atoms with Gasteiger partial charge in [0.25, 0.3) is 0 Å². The summed E-state index contributed by atoms with van der Waals surface area (Å²) in [4.78, 5) is 0. The van der Waals surface area contributed by atoms with Gasteiger partial charge < -0.3 is 5.32 Å². The van der Waals surface area contributed by atoms with Crippen molar-refractivity contribution in [2.75, 3.05) is 5.32 Å². The molecule has 1 N–H and O–H groups in total. The molecule has 0 amide bonds. The Bertz CT molecular complexity index is 424. The van der Waals surface area contributed by atoms with Gasteiger partial charge in [0.2, 0.25) is 0 Å². The molecule has 2 atom stereocenters. The first-order valence-corrected chi connectivity index (χ1v) is 8.73. The van der Waals surface area contributed by atoms with Crippen molar-refractivity contribution in [1.82, 2.24) is 0 Å². The van der Waals surface area contributed by atoms with Crippen molar-refractivity contribution in [2.24, 2.45) is 11.3 Å². The molecule has 1 aromatic rings. The SMILES string of the molecule is CC(C)c1ccc(NC2CCCC(C(C)(C)C)CC2)cc1. The number of rotatable bonds is 3. The van der Waals surface area contributed by atoms with E-state index in [0.717, 1.165) is 5.92 Å². The van der Waals surface area contributed by atoms with Crippen LogP contribution in [0.1, 0.15) is 78.2 Å². The standard InChI is InChI=1S/C20H33N/c1-15(2)16-9-12-19(13-10-16)21-18-8-6-7-17(11-14-18)20(3,4)5/h9-10,12-13,15,17-18,21H,6-8,11,14H2,1-5H3. The Morgan fingerprint density at radius 2 is 1.62 bits per heavy atom. The molecular weight excluding hydrogens is 254 g/mol. The highest BCUT2D eigenvalue weighted by molar-refractivity contribution is 5.46. The number of benzene rings is 1. The molecule has 118 valence electrons. The minimum absolute atomic E-state index is 0.466. The second-order valence-corrected chi connectivity index (χ2v) is 8.19. The van der Waals surface area contributed by atoms with Crippen molar-refractivity contribution in [3.05, 3.63) is 29.8 Å². The van der Waals surface area contributed by atoms with Gasteiger partial charge in [0.1, 0.15) is 0 Å². The van der Waals surface area contributed by atoms with Gasteiger partial charge in [-0.25, -0.2) is 0 Å². The van der Waals surface area contributed by atoms with E-state index in [4.69, 9.17) is 0 Å². The fourth-order valence-electron chi connectivity index (χ4n) is 3.51. The Hall–Kier alpha value is -0.980. The van der Waals surface area contributed by atoms with Crippen molar-refractivity contribution in [2.45, 2.75) is 78.7 Å². The number of hydrogen-bond donors (Lipinski definition) is 1.